The Morgan fingerprint density at radius 2 is 2.12 bits per heavy atom. The van der Waals surface area contributed by atoms with Crippen molar-refractivity contribution < 1.29 is 9.59 Å². The van der Waals surface area contributed by atoms with Gasteiger partial charge in [0, 0.05) is 36.3 Å². The second-order valence-corrected chi connectivity index (χ2v) is 7.30. The molecule has 4 nitrogen and oxygen atoms in total. The molecule has 0 aromatic rings. The Morgan fingerprint density at radius 1 is 1.33 bits per heavy atom. The van der Waals surface area contributed by atoms with Crippen LogP contribution in [-0.2, 0) is 9.59 Å². The van der Waals surface area contributed by atoms with Crippen LogP contribution in [0, 0.1) is 17.8 Å². The first-order valence-corrected chi connectivity index (χ1v) is 9.28. The highest BCUT2D eigenvalue weighted by atomic mass is 35.5. The van der Waals surface area contributed by atoms with E-state index in [4.69, 9.17) is 16.6 Å². The summed E-state index contributed by atoms with van der Waals surface area (Å²) in [6.07, 6.45) is 10.6. The van der Waals surface area contributed by atoms with Gasteiger partial charge in [0.25, 0.3) is 0 Å². The molecule has 3 atom stereocenters. The molecule has 1 heterocycles. The second-order valence-electron chi connectivity index (χ2n) is 6.86. The molecule has 0 bridgehead atoms. The maximum Gasteiger partial charge on any atom is 0.228 e. The van der Waals surface area contributed by atoms with Gasteiger partial charge in [0.1, 0.15) is 11.6 Å². The Labute approximate surface area is 149 Å². The first kappa shape index (κ1) is 18.9. The quantitative estimate of drug-likeness (QED) is 0.832. The summed E-state index contributed by atoms with van der Waals surface area (Å²) in [5.41, 5.74) is 0. The minimum atomic E-state index is -0.320. The lowest BCUT2D eigenvalue weighted by atomic mass is 9.91. The van der Waals surface area contributed by atoms with Gasteiger partial charge in [-0.1, -0.05) is 50.4 Å². The molecule has 1 aliphatic carbocycles. The highest BCUT2D eigenvalue weighted by Gasteiger charge is 2.25. The van der Waals surface area contributed by atoms with Crippen LogP contribution in [0.5, 0.6) is 0 Å². The number of aliphatic imine (C=N–C) groups is 1. The third-order valence-corrected chi connectivity index (χ3v) is 4.92. The lowest BCUT2D eigenvalue weighted by Crippen LogP contribution is -2.40. The van der Waals surface area contributed by atoms with E-state index in [1.54, 1.807) is 6.92 Å². The van der Waals surface area contributed by atoms with Crippen molar-refractivity contribution >= 4 is 29.1 Å². The Bertz CT molecular complexity index is 566. The molecule has 2 unspecified atom stereocenters. The SMILES string of the molecule is CCCCC1CN=C([C@@H]2C=CC(Cl)=CC2)NC(=O)C(C)CC(=O)C1. The van der Waals surface area contributed by atoms with Gasteiger partial charge in [-0.05, 0) is 24.8 Å². The Kier molecular flexibility index (Phi) is 7.22. The van der Waals surface area contributed by atoms with Crippen LogP contribution in [0.25, 0.3) is 0 Å². The topological polar surface area (TPSA) is 58.5 Å². The third kappa shape index (κ3) is 5.59. The van der Waals surface area contributed by atoms with E-state index in [1.807, 2.05) is 18.2 Å². The number of carbonyl (C=O) groups excluding carboxylic acids is 2. The van der Waals surface area contributed by atoms with E-state index in [1.165, 1.54) is 0 Å². The number of halogens is 1. The number of hydrogen-bond acceptors (Lipinski definition) is 3. The van der Waals surface area contributed by atoms with E-state index in [9.17, 15) is 9.59 Å². The van der Waals surface area contributed by atoms with Crippen LogP contribution in [0.2, 0.25) is 0 Å². The van der Waals surface area contributed by atoms with Crippen molar-refractivity contribution in [2.24, 2.45) is 22.7 Å². The molecule has 0 spiro atoms. The first-order valence-electron chi connectivity index (χ1n) is 8.90. The number of allylic oxidation sites excluding steroid dienone is 3. The van der Waals surface area contributed by atoms with Crippen molar-refractivity contribution in [1.29, 1.82) is 0 Å². The van der Waals surface area contributed by atoms with Crippen molar-refractivity contribution in [2.45, 2.75) is 52.4 Å². The Morgan fingerprint density at radius 3 is 2.79 bits per heavy atom. The maximum atomic E-state index is 12.3. The molecule has 5 heteroatoms. The number of amidine groups is 1. The Balaban J connectivity index is 2.18. The second kappa shape index (κ2) is 9.16. The number of nitrogens with one attached hydrogen (secondary N) is 1. The number of amides is 1. The van der Waals surface area contributed by atoms with Crippen LogP contribution in [-0.4, -0.2) is 24.1 Å². The van der Waals surface area contributed by atoms with Crippen molar-refractivity contribution in [2.75, 3.05) is 6.54 Å². The molecule has 1 amide bonds. The normalized spacial score (nSPS) is 28.9. The van der Waals surface area contributed by atoms with Gasteiger partial charge >= 0.3 is 0 Å². The highest BCUT2D eigenvalue weighted by Crippen LogP contribution is 2.22. The summed E-state index contributed by atoms with van der Waals surface area (Å²) >= 11 is 5.98. The predicted molar refractivity (Wildman–Crippen MR) is 98.0 cm³/mol. The number of carbonyl (C=O) groups is 2. The maximum absolute atomic E-state index is 12.3. The molecule has 24 heavy (non-hydrogen) atoms. The number of hydrogen-bond donors (Lipinski definition) is 1. The fourth-order valence-electron chi connectivity index (χ4n) is 3.11. The van der Waals surface area contributed by atoms with Gasteiger partial charge in [0.05, 0.1) is 0 Å². The van der Waals surface area contributed by atoms with Crippen LogP contribution in [0.1, 0.15) is 52.4 Å². The summed E-state index contributed by atoms with van der Waals surface area (Å²) in [5, 5.41) is 3.67. The molecule has 1 N–H and O–H groups in total. The number of nitrogens with zero attached hydrogens (tertiary/aromatic N) is 1. The largest absolute Gasteiger partial charge is 0.314 e. The summed E-state index contributed by atoms with van der Waals surface area (Å²) in [5.74, 6) is 0.749. The smallest absolute Gasteiger partial charge is 0.228 e. The summed E-state index contributed by atoms with van der Waals surface area (Å²) in [7, 11) is 0. The summed E-state index contributed by atoms with van der Waals surface area (Å²) in [4.78, 5) is 29.2. The van der Waals surface area contributed by atoms with Gasteiger partial charge in [0.2, 0.25) is 5.91 Å². The summed E-state index contributed by atoms with van der Waals surface area (Å²) < 4.78 is 0. The number of ketones is 1. The summed E-state index contributed by atoms with van der Waals surface area (Å²) in [6, 6.07) is 0. The van der Waals surface area contributed by atoms with Crippen molar-refractivity contribution in [3.05, 3.63) is 23.3 Å². The predicted octanol–water partition coefficient (Wildman–Crippen LogP) is 4.01. The molecule has 132 valence electrons. The molecule has 1 aliphatic heterocycles. The molecule has 0 saturated carbocycles. The van der Waals surface area contributed by atoms with Gasteiger partial charge in [-0.25, -0.2) is 0 Å². The average Bonchev–Trinajstić information content (AvgIpc) is 2.55. The number of rotatable bonds is 4. The van der Waals surface area contributed by atoms with Crippen LogP contribution in [0.3, 0.4) is 0 Å². The van der Waals surface area contributed by atoms with Gasteiger partial charge in [-0.15, -0.1) is 0 Å². The minimum absolute atomic E-state index is 0.0469. The van der Waals surface area contributed by atoms with E-state index in [2.05, 4.69) is 12.2 Å². The van der Waals surface area contributed by atoms with Crippen molar-refractivity contribution in [3.63, 3.8) is 0 Å². The average molecular weight is 351 g/mol. The lowest BCUT2D eigenvalue weighted by Gasteiger charge is -2.23. The van der Waals surface area contributed by atoms with Crippen LogP contribution < -0.4 is 5.32 Å². The number of unbranched alkanes of at least 4 members (excludes halogenated alkanes) is 1. The van der Waals surface area contributed by atoms with Gasteiger partial charge in [-0.2, -0.15) is 0 Å². The molecule has 0 aromatic heterocycles. The first-order chi connectivity index (χ1) is 11.5. The fraction of sp³-hybridized carbons (Fsp3) is 0.632. The highest BCUT2D eigenvalue weighted by molar-refractivity contribution is 6.31. The molecule has 0 radical (unpaired) electrons. The standard InChI is InChI=1S/C19H27ClN2O2/c1-3-4-5-14-11-17(23)10-13(2)19(24)22-18(21-12-14)15-6-8-16(20)9-7-15/h6,8-9,13-15H,3-5,7,10-12H2,1-2H3,(H,21,22,24)/t13?,14?,15-/m1/s1. The Hall–Kier alpha value is -1.42. The monoisotopic (exact) mass is 350 g/mol. The zero-order chi connectivity index (χ0) is 17.5. The number of Topliss-reactive ketones (excluding diaryl/α,β-unsaturated/α-hetero) is 1. The van der Waals surface area contributed by atoms with Crippen LogP contribution in [0.4, 0.5) is 0 Å². The zero-order valence-corrected chi connectivity index (χ0v) is 15.3. The van der Waals surface area contributed by atoms with Gasteiger partial charge in [-0.3, -0.25) is 14.6 Å². The van der Waals surface area contributed by atoms with E-state index < -0.39 is 0 Å². The molecule has 0 saturated heterocycles. The molecule has 0 aromatic carbocycles. The molecule has 2 aliphatic rings. The van der Waals surface area contributed by atoms with Gasteiger partial charge in [0.15, 0.2) is 0 Å². The minimum Gasteiger partial charge on any atom is -0.314 e. The van der Waals surface area contributed by atoms with Crippen molar-refractivity contribution in [1.82, 2.24) is 5.32 Å². The van der Waals surface area contributed by atoms with E-state index in [-0.39, 0.29) is 29.4 Å². The van der Waals surface area contributed by atoms with Crippen molar-refractivity contribution in [3.8, 4) is 0 Å². The van der Waals surface area contributed by atoms with Gasteiger partial charge < -0.3 is 5.32 Å². The summed E-state index contributed by atoms with van der Waals surface area (Å²) in [6.45, 7) is 4.56. The van der Waals surface area contributed by atoms with E-state index >= 15 is 0 Å². The van der Waals surface area contributed by atoms with E-state index in [0.717, 1.165) is 30.7 Å². The van der Waals surface area contributed by atoms with Crippen LogP contribution >= 0.6 is 11.6 Å². The molecular weight excluding hydrogens is 324 g/mol. The molecule has 2 rings (SSSR count). The molecular formula is C19H27ClN2O2. The van der Waals surface area contributed by atoms with Crippen LogP contribution in [0.15, 0.2) is 28.3 Å². The lowest BCUT2D eigenvalue weighted by molar-refractivity contribution is -0.128. The zero-order valence-electron chi connectivity index (χ0n) is 14.6. The fourth-order valence-corrected chi connectivity index (χ4v) is 3.28. The third-order valence-electron chi connectivity index (χ3n) is 4.64. The van der Waals surface area contributed by atoms with E-state index in [0.29, 0.717) is 25.2 Å². The molecule has 0 fully saturated rings.